The van der Waals surface area contributed by atoms with E-state index in [9.17, 15) is 0 Å². The monoisotopic (exact) mass is 215 g/mol. The molecule has 0 heterocycles. The average molecular weight is 215 g/mol. The van der Waals surface area contributed by atoms with E-state index in [1.807, 2.05) is 6.92 Å². The second kappa shape index (κ2) is 11.7. The predicted molar refractivity (Wildman–Crippen MR) is 64.1 cm³/mol. The number of hydrogen-bond acceptors (Lipinski definition) is 3. The maximum atomic E-state index is 8.57. The summed E-state index contributed by atoms with van der Waals surface area (Å²) in [5.41, 5.74) is 1.07. The minimum atomic E-state index is 0.322. The van der Waals surface area contributed by atoms with Crippen LogP contribution in [0.2, 0.25) is 0 Å². The number of ether oxygens (including phenoxy) is 1. The predicted octanol–water partition coefficient (Wildman–Crippen LogP) is 1.72. The van der Waals surface area contributed by atoms with E-state index in [1.165, 1.54) is 12.8 Å². The van der Waals surface area contributed by atoms with Gasteiger partial charge >= 0.3 is 0 Å². The van der Waals surface area contributed by atoms with Crippen LogP contribution in [0.3, 0.4) is 0 Å². The van der Waals surface area contributed by atoms with E-state index >= 15 is 0 Å². The first-order chi connectivity index (χ1) is 7.27. The van der Waals surface area contributed by atoms with Gasteiger partial charge in [-0.05, 0) is 26.3 Å². The van der Waals surface area contributed by atoms with Crippen LogP contribution in [0.4, 0.5) is 0 Å². The fraction of sp³-hybridized carbons (Fsp3) is 0.833. The maximum absolute atomic E-state index is 8.57. The maximum Gasteiger partial charge on any atom is 0.0672 e. The van der Waals surface area contributed by atoms with Crippen molar-refractivity contribution in [3.8, 4) is 0 Å². The van der Waals surface area contributed by atoms with Gasteiger partial charge in [0.05, 0.1) is 13.2 Å². The molecule has 3 nitrogen and oxygen atoms in total. The number of aliphatic hydroxyl groups excluding tert-OH is 1. The summed E-state index contributed by atoms with van der Waals surface area (Å²) >= 11 is 0. The molecule has 0 atom stereocenters. The minimum Gasteiger partial charge on any atom is -0.396 e. The van der Waals surface area contributed by atoms with Gasteiger partial charge in [0.1, 0.15) is 0 Å². The van der Waals surface area contributed by atoms with Crippen molar-refractivity contribution in [2.45, 2.75) is 32.6 Å². The molecule has 0 aromatic carbocycles. The van der Waals surface area contributed by atoms with Crippen LogP contribution in [0.5, 0.6) is 0 Å². The van der Waals surface area contributed by atoms with Crippen molar-refractivity contribution in [1.82, 2.24) is 5.32 Å². The first kappa shape index (κ1) is 14.6. The second-order valence-corrected chi connectivity index (χ2v) is 3.90. The Hall–Kier alpha value is -0.380. The van der Waals surface area contributed by atoms with Crippen LogP contribution in [0.1, 0.15) is 32.6 Å². The molecular formula is C12H25NO2. The zero-order chi connectivity index (χ0) is 11.4. The van der Waals surface area contributed by atoms with E-state index in [0.717, 1.165) is 38.1 Å². The first-order valence-electron chi connectivity index (χ1n) is 5.81. The SMILES string of the molecule is C=C(C)COCCNCCCCCCO. The van der Waals surface area contributed by atoms with Gasteiger partial charge < -0.3 is 15.2 Å². The lowest BCUT2D eigenvalue weighted by Gasteiger charge is -2.05. The van der Waals surface area contributed by atoms with Crippen molar-refractivity contribution in [3.63, 3.8) is 0 Å². The molecule has 90 valence electrons. The van der Waals surface area contributed by atoms with Crippen molar-refractivity contribution in [1.29, 1.82) is 0 Å². The molecule has 0 aliphatic heterocycles. The molecule has 0 rings (SSSR count). The van der Waals surface area contributed by atoms with E-state index < -0.39 is 0 Å². The lowest BCUT2D eigenvalue weighted by atomic mass is 10.2. The summed E-state index contributed by atoms with van der Waals surface area (Å²) in [5.74, 6) is 0. The van der Waals surface area contributed by atoms with Gasteiger partial charge in [0.15, 0.2) is 0 Å². The van der Waals surface area contributed by atoms with Gasteiger partial charge in [-0.3, -0.25) is 0 Å². The van der Waals surface area contributed by atoms with Crippen molar-refractivity contribution >= 4 is 0 Å². The van der Waals surface area contributed by atoms with Gasteiger partial charge in [-0.1, -0.05) is 25.0 Å². The number of hydrogen-bond donors (Lipinski definition) is 2. The Labute approximate surface area is 93.5 Å². The highest BCUT2D eigenvalue weighted by molar-refractivity contribution is 4.87. The van der Waals surface area contributed by atoms with Crippen LogP contribution < -0.4 is 5.32 Å². The molecule has 0 spiro atoms. The third kappa shape index (κ3) is 13.6. The molecule has 0 radical (unpaired) electrons. The summed E-state index contributed by atoms with van der Waals surface area (Å²) in [5, 5.41) is 11.9. The third-order valence-electron chi connectivity index (χ3n) is 2.03. The van der Waals surface area contributed by atoms with Crippen molar-refractivity contribution in [2.24, 2.45) is 0 Å². The molecule has 0 aliphatic rings. The first-order valence-corrected chi connectivity index (χ1v) is 5.81. The quantitative estimate of drug-likeness (QED) is 0.407. The number of rotatable bonds is 11. The average Bonchev–Trinajstić information content (AvgIpc) is 2.20. The smallest absolute Gasteiger partial charge is 0.0672 e. The van der Waals surface area contributed by atoms with E-state index in [0.29, 0.717) is 13.2 Å². The molecule has 2 N–H and O–H groups in total. The minimum absolute atomic E-state index is 0.322. The Morgan fingerprint density at radius 1 is 1.20 bits per heavy atom. The van der Waals surface area contributed by atoms with Crippen molar-refractivity contribution in [3.05, 3.63) is 12.2 Å². The van der Waals surface area contributed by atoms with Gasteiger partial charge in [0.2, 0.25) is 0 Å². The van der Waals surface area contributed by atoms with Crippen LogP contribution in [0.15, 0.2) is 12.2 Å². The highest BCUT2D eigenvalue weighted by Crippen LogP contribution is 1.97. The molecule has 0 aromatic rings. The normalized spacial score (nSPS) is 10.5. The zero-order valence-corrected chi connectivity index (χ0v) is 9.93. The second-order valence-electron chi connectivity index (χ2n) is 3.90. The van der Waals surface area contributed by atoms with E-state index in [4.69, 9.17) is 9.84 Å². The molecule has 0 unspecified atom stereocenters. The molecule has 15 heavy (non-hydrogen) atoms. The van der Waals surface area contributed by atoms with Crippen molar-refractivity contribution in [2.75, 3.05) is 32.9 Å². The van der Waals surface area contributed by atoms with Crippen LogP contribution in [0, 0.1) is 0 Å². The van der Waals surface area contributed by atoms with Gasteiger partial charge in [0, 0.05) is 13.2 Å². The Balaban J connectivity index is 2.89. The summed E-state index contributed by atoms with van der Waals surface area (Å²) < 4.78 is 5.35. The lowest BCUT2D eigenvalue weighted by molar-refractivity contribution is 0.158. The van der Waals surface area contributed by atoms with Crippen LogP contribution in [-0.4, -0.2) is 38.0 Å². The summed E-state index contributed by atoms with van der Waals surface area (Å²) in [6.07, 6.45) is 4.44. The van der Waals surface area contributed by atoms with Gasteiger partial charge in [-0.15, -0.1) is 0 Å². The highest BCUT2D eigenvalue weighted by Gasteiger charge is 1.91. The largest absolute Gasteiger partial charge is 0.396 e. The Bertz CT molecular complexity index is 149. The molecular weight excluding hydrogens is 190 g/mol. The van der Waals surface area contributed by atoms with Crippen molar-refractivity contribution < 1.29 is 9.84 Å². The summed E-state index contributed by atoms with van der Waals surface area (Å²) in [4.78, 5) is 0. The van der Waals surface area contributed by atoms with Crippen LogP contribution in [-0.2, 0) is 4.74 Å². The summed E-state index contributed by atoms with van der Waals surface area (Å²) in [6, 6.07) is 0. The van der Waals surface area contributed by atoms with Crippen LogP contribution >= 0.6 is 0 Å². The number of nitrogens with one attached hydrogen (secondary N) is 1. The summed E-state index contributed by atoms with van der Waals surface area (Å²) in [6.45, 7) is 9.43. The van der Waals surface area contributed by atoms with E-state index in [-0.39, 0.29) is 0 Å². The topological polar surface area (TPSA) is 41.5 Å². The van der Waals surface area contributed by atoms with Gasteiger partial charge in [-0.25, -0.2) is 0 Å². The molecule has 0 aromatic heterocycles. The molecule has 0 amide bonds. The Kier molecular flexibility index (Phi) is 11.4. The Morgan fingerprint density at radius 2 is 1.93 bits per heavy atom. The fourth-order valence-corrected chi connectivity index (χ4v) is 1.23. The van der Waals surface area contributed by atoms with Crippen LogP contribution in [0.25, 0.3) is 0 Å². The zero-order valence-electron chi connectivity index (χ0n) is 9.93. The standard InChI is InChI=1S/C12H25NO2/c1-12(2)11-15-10-8-13-7-5-3-4-6-9-14/h13-14H,1,3-11H2,2H3. The van der Waals surface area contributed by atoms with E-state index in [1.54, 1.807) is 0 Å². The molecule has 0 saturated heterocycles. The lowest BCUT2D eigenvalue weighted by Crippen LogP contribution is -2.21. The van der Waals surface area contributed by atoms with Gasteiger partial charge in [0.25, 0.3) is 0 Å². The molecule has 0 aliphatic carbocycles. The van der Waals surface area contributed by atoms with E-state index in [2.05, 4.69) is 11.9 Å². The number of aliphatic hydroxyl groups is 1. The molecule has 0 bridgehead atoms. The highest BCUT2D eigenvalue weighted by atomic mass is 16.5. The van der Waals surface area contributed by atoms with Gasteiger partial charge in [-0.2, -0.15) is 0 Å². The third-order valence-corrected chi connectivity index (χ3v) is 2.03. The molecule has 0 saturated carbocycles. The molecule has 3 heteroatoms. The fourth-order valence-electron chi connectivity index (χ4n) is 1.23. The molecule has 0 fully saturated rings. The Morgan fingerprint density at radius 3 is 2.60 bits per heavy atom. The number of unbranched alkanes of at least 4 members (excludes halogenated alkanes) is 3. The summed E-state index contributed by atoms with van der Waals surface area (Å²) in [7, 11) is 0.